The van der Waals surface area contributed by atoms with Gasteiger partial charge in [-0.3, -0.25) is 14.7 Å². The Balaban J connectivity index is 2.14. The van der Waals surface area contributed by atoms with Crippen molar-refractivity contribution >= 4 is 11.8 Å². The molecule has 104 valence electrons. The van der Waals surface area contributed by atoms with Crippen LogP contribution in [0.1, 0.15) is 16.8 Å². The van der Waals surface area contributed by atoms with Gasteiger partial charge in [-0.15, -0.1) is 0 Å². The summed E-state index contributed by atoms with van der Waals surface area (Å²) in [6.45, 7) is 0.175. The molecule has 7 nitrogen and oxygen atoms in total. The Hall–Kier alpha value is -2.83. The number of rotatable bonds is 5. The molecule has 0 unspecified atom stereocenters. The summed E-state index contributed by atoms with van der Waals surface area (Å²) in [5.41, 5.74) is 6.63. The highest BCUT2D eigenvalue weighted by molar-refractivity contribution is 5.99. The average Bonchev–Trinajstić information content (AvgIpc) is 2.88. The number of hydrogen-bond acceptors (Lipinski definition) is 4. The standard InChI is InChI=1S/C13H14N4O3/c14-11(19)5-6-15-13(20)10-7-16-17-12(10)8-1-3-9(18)4-2-8/h1-4,7,18H,5-6H2,(H2,14,19)(H,15,20)(H,16,17). The molecule has 0 fully saturated rings. The Bertz CT molecular complexity index is 619. The third kappa shape index (κ3) is 3.14. The van der Waals surface area contributed by atoms with Gasteiger partial charge in [0.1, 0.15) is 5.75 Å². The number of aromatic hydroxyl groups is 1. The highest BCUT2D eigenvalue weighted by Crippen LogP contribution is 2.23. The van der Waals surface area contributed by atoms with Gasteiger partial charge in [-0.1, -0.05) is 0 Å². The number of benzene rings is 1. The number of H-pyrrole nitrogens is 1. The molecule has 0 saturated heterocycles. The molecule has 2 rings (SSSR count). The van der Waals surface area contributed by atoms with Gasteiger partial charge in [0.05, 0.1) is 17.5 Å². The van der Waals surface area contributed by atoms with Gasteiger partial charge in [-0.2, -0.15) is 5.10 Å². The fourth-order valence-electron chi connectivity index (χ4n) is 1.70. The second-order valence-electron chi connectivity index (χ2n) is 4.18. The van der Waals surface area contributed by atoms with E-state index in [0.717, 1.165) is 5.56 Å². The molecule has 0 aliphatic carbocycles. The number of hydrogen-bond donors (Lipinski definition) is 4. The molecule has 20 heavy (non-hydrogen) atoms. The van der Waals surface area contributed by atoms with Crippen molar-refractivity contribution in [2.75, 3.05) is 6.54 Å². The second-order valence-corrected chi connectivity index (χ2v) is 4.18. The van der Waals surface area contributed by atoms with Crippen LogP contribution in [-0.2, 0) is 4.79 Å². The van der Waals surface area contributed by atoms with Gasteiger partial charge in [-0.25, -0.2) is 0 Å². The predicted octanol–water partition coefficient (Wildman–Crippen LogP) is 0.387. The zero-order valence-electron chi connectivity index (χ0n) is 10.6. The quantitative estimate of drug-likeness (QED) is 0.630. The molecule has 0 aliphatic heterocycles. The van der Waals surface area contributed by atoms with Crippen LogP contribution in [0.25, 0.3) is 11.3 Å². The molecule has 5 N–H and O–H groups in total. The molecular formula is C13H14N4O3. The summed E-state index contributed by atoms with van der Waals surface area (Å²) in [6, 6.07) is 6.38. The molecule has 0 aliphatic rings. The minimum absolute atomic E-state index is 0.0815. The van der Waals surface area contributed by atoms with Crippen LogP contribution in [0.15, 0.2) is 30.5 Å². The van der Waals surface area contributed by atoms with Crippen LogP contribution >= 0.6 is 0 Å². The minimum atomic E-state index is -0.476. The van der Waals surface area contributed by atoms with Gasteiger partial charge in [0.15, 0.2) is 0 Å². The van der Waals surface area contributed by atoms with E-state index >= 15 is 0 Å². The highest BCUT2D eigenvalue weighted by Gasteiger charge is 2.15. The van der Waals surface area contributed by atoms with Gasteiger partial charge >= 0.3 is 0 Å². The third-order valence-corrected chi connectivity index (χ3v) is 2.70. The van der Waals surface area contributed by atoms with E-state index < -0.39 is 5.91 Å². The number of nitrogens with one attached hydrogen (secondary N) is 2. The Labute approximate surface area is 114 Å². The summed E-state index contributed by atoms with van der Waals surface area (Å²) in [5, 5.41) is 18.4. The van der Waals surface area contributed by atoms with Gasteiger partial charge in [0.2, 0.25) is 5.91 Å². The fourth-order valence-corrected chi connectivity index (χ4v) is 1.70. The minimum Gasteiger partial charge on any atom is -0.508 e. The Kier molecular flexibility index (Phi) is 3.99. The van der Waals surface area contributed by atoms with Crippen molar-refractivity contribution in [3.05, 3.63) is 36.0 Å². The predicted molar refractivity (Wildman–Crippen MR) is 71.8 cm³/mol. The molecule has 0 atom stereocenters. The molecule has 0 bridgehead atoms. The number of amides is 2. The average molecular weight is 274 g/mol. The first kappa shape index (κ1) is 13.6. The second kappa shape index (κ2) is 5.87. The number of carbonyl (C=O) groups is 2. The van der Waals surface area contributed by atoms with Crippen LogP contribution in [0, 0.1) is 0 Å². The lowest BCUT2D eigenvalue weighted by atomic mass is 10.1. The van der Waals surface area contributed by atoms with Crippen LogP contribution in [0.4, 0.5) is 0 Å². The molecule has 2 aromatic rings. The summed E-state index contributed by atoms with van der Waals surface area (Å²) >= 11 is 0. The first-order valence-electron chi connectivity index (χ1n) is 5.97. The normalized spacial score (nSPS) is 10.2. The topological polar surface area (TPSA) is 121 Å². The summed E-state index contributed by atoms with van der Waals surface area (Å²) in [4.78, 5) is 22.6. The number of nitrogens with zero attached hydrogens (tertiary/aromatic N) is 1. The van der Waals surface area contributed by atoms with E-state index in [4.69, 9.17) is 5.73 Å². The first-order valence-corrected chi connectivity index (χ1v) is 5.97. The van der Waals surface area contributed by atoms with E-state index in [9.17, 15) is 14.7 Å². The van der Waals surface area contributed by atoms with Crippen molar-refractivity contribution in [3.63, 3.8) is 0 Å². The van der Waals surface area contributed by atoms with Gasteiger partial charge in [0, 0.05) is 18.5 Å². The van der Waals surface area contributed by atoms with Crippen molar-refractivity contribution in [1.29, 1.82) is 0 Å². The van der Waals surface area contributed by atoms with Crippen LogP contribution in [0.5, 0.6) is 5.75 Å². The molecule has 1 aromatic heterocycles. The highest BCUT2D eigenvalue weighted by atomic mass is 16.3. The SMILES string of the molecule is NC(=O)CCNC(=O)c1cn[nH]c1-c1ccc(O)cc1. The molecule has 2 amide bonds. The number of primary amides is 1. The Morgan fingerprint density at radius 3 is 2.65 bits per heavy atom. The number of aromatic amines is 1. The van der Waals surface area contributed by atoms with Crippen LogP contribution < -0.4 is 11.1 Å². The largest absolute Gasteiger partial charge is 0.508 e. The maximum atomic E-state index is 12.0. The number of phenolic OH excluding ortho intramolecular Hbond substituents is 1. The summed E-state index contributed by atoms with van der Waals surface area (Å²) in [7, 11) is 0. The van der Waals surface area contributed by atoms with E-state index in [1.807, 2.05) is 0 Å². The van der Waals surface area contributed by atoms with E-state index in [1.165, 1.54) is 18.3 Å². The van der Waals surface area contributed by atoms with Gasteiger partial charge < -0.3 is 16.2 Å². The molecule has 0 saturated carbocycles. The van der Waals surface area contributed by atoms with Gasteiger partial charge in [0.25, 0.3) is 5.91 Å². The van der Waals surface area contributed by atoms with Gasteiger partial charge in [-0.05, 0) is 24.3 Å². The number of carbonyl (C=O) groups excluding carboxylic acids is 2. The maximum absolute atomic E-state index is 12.0. The smallest absolute Gasteiger partial charge is 0.255 e. The van der Waals surface area contributed by atoms with Crippen molar-refractivity contribution in [2.45, 2.75) is 6.42 Å². The van der Waals surface area contributed by atoms with Crippen LogP contribution in [-0.4, -0.2) is 33.7 Å². The summed E-state index contributed by atoms with van der Waals surface area (Å²) < 4.78 is 0. The number of phenols is 1. The monoisotopic (exact) mass is 274 g/mol. The first-order chi connectivity index (χ1) is 9.58. The molecule has 7 heteroatoms. The molecule has 1 aromatic carbocycles. The van der Waals surface area contributed by atoms with Crippen LogP contribution in [0.2, 0.25) is 0 Å². The summed E-state index contributed by atoms with van der Waals surface area (Å²) in [6.07, 6.45) is 1.49. The Morgan fingerprint density at radius 1 is 1.30 bits per heavy atom. The molecule has 1 heterocycles. The van der Waals surface area contributed by atoms with E-state index in [1.54, 1.807) is 12.1 Å². The summed E-state index contributed by atoms with van der Waals surface area (Å²) in [5.74, 6) is -0.681. The van der Waals surface area contributed by atoms with Crippen molar-refractivity contribution < 1.29 is 14.7 Å². The lowest BCUT2D eigenvalue weighted by Crippen LogP contribution is -2.27. The fraction of sp³-hybridized carbons (Fsp3) is 0.154. The van der Waals surface area contributed by atoms with E-state index in [-0.39, 0.29) is 24.6 Å². The number of nitrogens with two attached hydrogens (primary N) is 1. The molecule has 0 radical (unpaired) electrons. The zero-order chi connectivity index (χ0) is 14.5. The number of aromatic nitrogens is 2. The Morgan fingerprint density at radius 2 is 2.00 bits per heavy atom. The lowest BCUT2D eigenvalue weighted by molar-refractivity contribution is -0.117. The van der Waals surface area contributed by atoms with Crippen molar-refractivity contribution in [1.82, 2.24) is 15.5 Å². The maximum Gasteiger partial charge on any atom is 0.255 e. The third-order valence-electron chi connectivity index (χ3n) is 2.70. The van der Waals surface area contributed by atoms with E-state index in [0.29, 0.717) is 11.3 Å². The van der Waals surface area contributed by atoms with E-state index in [2.05, 4.69) is 15.5 Å². The lowest BCUT2D eigenvalue weighted by Gasteiger charge is -2.05. The van der Waals surface area contributed by atoms with Crippen LogP contribution in [0.3, 0.4) is 0 Å². The zero-order valence-corrected chi connectivity index (χ0v) is 10.6. The molecule has 0 spiro atoms. The molecular weight excluding hydrogens is 260 g/mol. The van der Waals surface area contributed by atoms with Crippen molar-refractivity contribution in [2.24, 2.45) is 5.73 Å². The van der Waals surface area contributed by atoms with Crippen molar-refractivity contribution in [3.8, 4) is 17.0 Å².